The number of ether oxygens (including phenoxy) is 1. The van der Waals surface area contributed by atoms with Crippen molar-refractivity contribution >= 4 is 27.6 Å². The van der Waals surface area contributed by atoms with Gasteiger partial charge >= 0.3 is 5.97 Å². The maximum Gasteiger partial charge on any atom is 0.306 e. The smallest absolute Gasteiger partial charge is 0.306 e. The molecule has 0 heterocycles. The van der Waals surface area contributed by atoms with E-state index >= 15 is 0 Å². The first kappa shape index (κ1) is 14.8. The van der Waals surface area contributed by atoms with Crippen LogP contribution in [0.25, 0.3) is 0 Å². The SMILES string of the molecule is CCS(=O)(=O)CCSC(C)CC(=O)OC. The Morgan fingerprint density at radius 3 is 2.53 bits per heavy atom. The van der Waals surface area contributed by atoms with Crippen molar-refractivity contribution in [2.24, 2.45) is 0 Å². The van der Waals surface area contributed by atoms with Crippen LogP contribution in [0.4, 0.5) is 0 Å². The second-order valence-electron chi connectivity index (χ2n) is 3.20. The van der Waals surface area contributed by atoms with Crippen molar-refractivity contribution in [3.8, 4) is 0 Å². The van der Waals surface area contributed by atoms with E-state index in [1.54, 1.807) is 6.92 Å². The summed E-state index contributed by atoms with van der Waals surface area (Å²) in [5.41, 5.74) is 0. The Morgan fingerprint density at radius 1 is 1.47 bits per heavy atom. The molecule has 0 saturated heterocycles. The van der Waals surface area contributed by atoms with Gasteiger partial charge in [0.1, 0.15) is 0 Å². The molecule has 0 spiro atoms. The largest absolute Gasteiger partial charge is 0.469 e. The number of rotatable bonds is 7. The third-order valence-electron chi connectivity index (χ3n) is 1.92. The fourth-order valence-electron chi connectivity index (χ4n) is 0.898. The zero-order valence-electron chi connectivity index (χ0n) is 9.36. The fraction of sp³-hybridized carbons (Fsp3) is 0.889. The summed E-state index contributed by atoms with van der Waals surface area (Å²) in [5, 5.41) is 0.101. The maximum absolute atomic E-state index is 11.2. The Kier molecular flexibility index (Phi) is 7.00. The number of thioether (sulfide) groups is 1. The highest BCUT2D eigenvalue weighted by Gasteiger charge is 2.12. The van der Waals surface area contributed by atoms with E-state index in [2.05, 4.69) is 4.74 Å². The van der Waals surface area contributed by atoms with Crippen molar-refractivity contribution < 1.29 is 17.9 Å². The van der Waals surface area contributed by atoms with Crippen molar-refractivity contribution in [1.82, 2.24) is 0 Å². The second-order valence-corrected chi connectivity index (χ2v) is 7.22. The van der Waals surface area contributed by atoms with Crippen LogP contribution in [0.1, 0.15) is 20.3 Å². The van der Waals surface area contributed by atoms with Crippen LogP contribution in [-0.4, -0.2) is 44.0 Å². The minimum Gasteiger partial charge on any atom is -0.469 e. The van der Waals surface area contributed by atoms with Gasteiger partial charge in [0, 0.05) is 16.8 Å². The molecule has 0 aliphatic rings. The number of methoxy groups -OCH3 is 1. The Balaban J connectivity index is 3.73. The highest BCUT2D eigenvalue weighted by Crippen LogP contribution is 2.14. The van der Waals surface area contributed by atoms with Crippen molar-refractivity contribution in [2.75, 3.05) is 24.4 Å². The molecule has 0 aromatic rings. The molecule has 0 fully saturated rings. The Bertz CT molecular complexity index is 284. The molecule has 0 rings (SSSR count). The van der Waals surface area contributed by atoms with Gasteiger partial charge in [0.05, 0.1) is 19.3 Å². The van der Waals surface area contributed by atoms with Crippen LogP contribution in [0.3, 0.4) is 0 Å². The summed E-state index contributed by atoms with van der Waals surface area (Å²) in [6.07, 6.45) is 0.327. The van der Waals surface area contributed by atoms with E-state index in [-0.39, 0.29) is 22.7 Å². The molecule has 1 atom stereocenters. The van der Waals surface area contributed by atoms with E-state index in [1.165, 1.54) is 18.9 Å². The molecule has 0 amide bonds. The Hall–Kier alpha value is -0.230. The highest BCUT2D eigenvalue weighted by molar-refractivity contribution is 8.01. The minimum atomic E-state index is -2.89. The zero-order valence-corrected chi connectivity index (χ0v) is 11.0. The standard InChI is InChI=1S/C9H18O4S2/c1-4-15(11,12)6-5-14-8(2)7-9(10)13-3/h8H,4-7H2,1-3H3. The molecule has 0 aromatic heterocycles. The van der Waals surface area contributed by atoms with Crippen molar-refractivity contribution in [1.29, 1.82) is 0 Å². The zero-order chi connectivity index (χ0) is 11.9. The molecule has 0 radical (unpaired) electrons. The monoisotopic (exact) mass is 254 g/mol. The number of hydrogen-bond donors (Lipinski definition) is 0. The van der Waals surface area contributed by atoms with Gasteiger partial charge in [-0.25, -0.2) is 8.42 Å². The Labute approximate surface area is 95.7 Å². The van der Waals surface area contributed by atoms with Crippen LogP contribution >= 0.6 is 11.8 Å². The number of sulfone groups is 1. The van der Waals surface area contributed by atoms with Gasteiger partial charge < -0.3 is 4.74 Å². The normalized spacial score (nSPS) is 13.5. The van der Waals surface area contributed by atoms with E-state index in [0.717, 1.165) is 0 Å². The van der Waals surface area contributed by atoms with Crippen LogP contribution in [-0.2, 0) is 19.4 Å². The average molecular weight is 254 g/mol. The van der Waals surface area contributed by atoms with E-state index < -0.39 is 9.84 Å². The molecule has 0 aliphatic carbocycles. The molecule has 0 N–H and O–H groups in total. The van der Waals surface area contributed by atoms with Gasteiger partial charge in [0.2, 0.25) is 0 Å². The molecule has 1 unspecified atom stereocenters. The first-order chi connectivity index (χ1) is 6.91. The number of hydrogen-bond acceptors (Lipinski definition) is 5. The van der Waals surface area contributed by atoms with E-state index in [0.29, 0.717) is 12.2 Å². The number of esters is 1. The lowest BCUT2D eigenvalue weighted by Crippen LogP contribution is -2.14. The lowest BCUT2D eigenvalue weighted by Gasteiger charge is -2.09. The van der Waals surface area contributed by atoms with Crippen molar-refractivity contribution in [3.63, 3.8) is 0 Å². The number of carbonyl (C=O) groups is 1. The lowest BCUT2D eigenvalue weighted by atomic mass is 10.3. The van der Waals surface area contributed by atoms with Crippen LogP contribution in [0.2, 0.25) is 0 Å². The van der Waals surface area contributed by atoms with Gasteiger partial charge in [-0.2, -0.15) is 11.8 Å². The summed E-state index contributed by atoms with van der Waals surface area (Å²) < 4.78 is 26.8. The predicted molar refractivity (Wildman–Crippen MR) is 62.9 cm³/mol. The van der Waals surface area contributed by atoms with E-state index in [4.69, 9.17) is 0 Å². The third-order valence-corrected chi connectivity index (χ3v) is 5.06. The lowest BCUT2D eigenvalue weighted by molar-refractivity contribution is -0.140. The molecule has 6 heteroatoms. The summed E-state index contributed by atoms with van der Waals surface area (Å²) in [6.45, 7) is 3.53. The molecular weight excluding hydrogens is 236 g/mol. The van der Waals surface area contributed by atoms with Gasteiger partial charge in [0.25, 0.3) is 0 Å². The topological polar surface area (TPSA) is 60.4 Å². The van der Waals surface area contributed by atoms with Crippen molar-refractivity contribution in [3.05, 3.63) is 0 Å². The molecule has 0 bridgehead atoms. The third kappa shape index (κ3) is 7.67. The van der Waals surface area contributed by atoms with Crippen LogP contribution in [0.5, 0.6) is 0 Å². The minimum absolute atomic E-state index is 0.101. The van der Waals surface area contributed by atoms with Gasteiger partial charge in [-0.3, -0.25) is 4.79 Å². The maximum atomic E-state index is 11.2. The van der Waals surface area contributed by atoms with Gasteiger partial charge in [-0.1, -0.05) is 13.8 Å². The molecule has 0 aliphatic heterocycles. The number of carbonyl (C=O) groups excluding carboxylic acids is 1. The molecule has 15 heavy (non-hydrogen) atoms. The first-order valence-corrected chi connectivity index (χ1v) is 7.67. The summed E-state index contributed by atoms with van der Waals surface area (Å²) in [4.78, 5) is 10.9. The fourth-order valence-corrected chi connectivity index (χ4v) is 3.24. The second kappa shape index (κ2) is 7.11. The van der Waals surface area contributed by atoms with Gasteiger partial charge in [-0.15, -0.1) is 0 Å². The highest BCUT2D eigenvalue weighted by atomic mass is 32.2. The molecular formula is C9H18O4S2. The quantitative estimate of drug-likeness (QED) is 0.637. The van der Waals surface area contributed by atoms with Crippen LogP contribution in [0.15, 0.2) is 0 Å². The molecule has 0 aromatic carbocycles. The molecule has 90 valence electrons. The summed E-state index contributed by atoms with van der Waals surface area (Å²) in [5.74, 6) is 0.640. The summed E-state index contributed by atoms with van der Waals surface area (Å²) >= 11 is 1.48. The molecule has 4 nitrogen and oxygen atoms in total. The predicted octanol–water partition coefficient (Wildman–Crippen LogP) is 1.11. The van der Waals surface area contributed by atoms with E-state index in [9.17, 15) is 13.2 Å². The van der Waals surface area contributed by atoms with Gasteiger partial charge in [-0.05, 0) is 0 Å². The molecule has 0 saturated carbocycles. The first-order valence-electron chi connectivity index (χ1n) is 4.80. The summed E-state index contributed by atoms with van der Waals surface area (Å²) in [6, 6.07) is 0. The summed E-state index contributed by atoms with van der Waals surface area (Å²) in [7, 11) is -1.54. The average Bonchev–Trinajstić information content (AvgIpc) is 2.17. The van der Waals surface area contributed by atoms with Crippen LogP contribution < -0.4 is 0 Å². The van der Waals surface area contributed by atoms with Crippen molar-refractivity contribution in [2.45, 2.75) is 25.5 Å². The van der Waals surface area contributed by atoms with Crippen LogP contribution in [0, 0.1) is 0 Å². The van der Waals surface area contributed by atoms with Gasteiger partial charge in [0.15, 0.2) is 9.84 Å². The Morgan fingerprint density at radius 2 is 2.07 bits per heavy atom. The van der Waals surface area contributed by atoms with E-state index in [1.807, 2.05) is 6.92 Å².